The van der Waals surface area contributed by atoms with Gasteiger partial charge in [-0.3, -0.25) is 0 Å². The first-order valence-corrected chi connectivity index (χ1v) is 8.23. The quantitative estimate of drug-likeness (QED) is 0.697. The van der Waals surface area contributed by atoms with Crippen molar-refractivity contribution in [3.05, 3.63) is 0 Å². The molecule has 0 radical (unpaired) electrons. The van der Waals surface area contributed by atoms with Gasteiger partial charge in [-0.1, -0.05) is 13.8 Å². The second-order valence-corrected chi connectivity index (χ2v) is 7.51. The third kappa shape index (κ3) is 1.81. The number of ether oxygens (including phenoxy) is 3. The highest BCUT2D eigenvalue weighted by Gasteiger charge is 2.69. The molecule has 5 aliphatic rings. The Morgan fingerprint density at radius 2 is 1.86 bits per heavy atom. The fourth-order valence-electron chi connectivity index (χ4n) is 5.14. The fourth-order valence-corrected chi connectivity index (χ4v) is 5.14. The average molecular weight is 298 g/mol. The van der Waals surface area contributed by atoms with E-state index in [1.54, 1.807) is 7.11 Å². The van der Waals surface area contributed by atoms with Crippen molar-refractivity contribution in [1.82, 2.24) is 0 Å². The molecule has 5 nitrogen and oxygen atoms in total. The average Bonchev–Trinajstić information content (AvgIpc) is 2.69. The summed E-state index contributed by atoms with van der Waals surface area (Å²) in [5.41, 5.74) is -0.470. The molecular formula is C16H26O5. The lowest BCUT2D eigenvalue weighted by Crippen LogP contribution is -2.70. The van der Waals surface area contributed by atoms with Gasteiger partial charge < -0.3 is 14.2 Å². The van der Waals surface area contributed by atoms with Crippen molar-refractivity contribution >= 4 is 0 Å². The van der Waals surface area contributed by atoms with Crippen molar-refractivity contribution < 1.29 is 24.0 Å². The van der Waals surface area contributed by atoms with Gasteiger partial charge in [0.2, 0.25) is 5.79 Å². The third-order valence-electron chi connectivity index (χ3n) is 6.33. The normalized spacial score (nSPS) is 59.4. The van der Waals surface area contributed by atoms with Gasteiger partial charge in [-0.15, -0.1) is 0 Å². The zero-order valence-electron chi connectivity index (χ0n) is 13.3. The molecule has 0 aromatic heterocycles. The molecule has 4 heterocycles. The van der Waals surface area contributed by atoms with Crippen LogP contribution in [-0.2, 0) is 24.0 Å². The standard InChI is InChI=1S/C16H26O5/c1-9-5-6-12-10(2)13(17-4)18-14-16(12)11(9)7-8-15(3,19-14)20-21-16/h9-14H,5-8H2,1-4H3/t9-,10-,11+,12+,13-,14+,15-,16-/m1/s1. The van der Waals surface area contributed by atoms with Gasteiger partial charge in [0.05, 0.1) is 0 Å². The Kier molecular flexibility index (Phi) is 3.19. The molecular weight excluding hydrogens is 272 g/mol. The summed E-state index contributed by atoms with van der Waals surface area (Å²) in [6.07, 6.45) is 3.64. The number of rotatable bonds is 1. The maximum absolute atomic E-state index is 6.21. The first kappa shape index (κ1) is 14.4. The first-order chi connectivity index (χ1) is 10.00. The summed E-state index contributed by atoms with van der Waals surface area (Å²) in [7, 11) is 1.70. The molecule has 21 heavy (non-hydrogen) atoms. The van der Waals surface area contributed by atoms with E-state index in [9.17, 15) is 0 Å². The van der Waals surface area contributed by atoms with Crippen LogP contribution in [0.3, 0.4) is 0 Å². The van der Waals surface area contributed by atoms with Crippen molar-refractivity contribution in [2.45, 2.75) is 70.4 Å². The summed E-state index contributed by atoms with van der Waals surface area (Å²) in [4.78, 5) is 11.8. The monoisotopic (exact) mass is 298 g/mol. The zero-order valence-corrected chi connectivity index (χ0v) is 13.3. The fraction of sp³-hybridized carbons (Fsp3) is 1.00. The van der Waals surface area contributed by atoms with Crippen molar-refractivity contribution in [1.29, 1.82) is 0 Å². The number of methoxy groups -OCH3 is 1. The molecule has 0 aromatic rings. The van der Waals surface area contributed by atoms with Gasteiger partial charge in [0.1, 0.15) is 0 Å². The van der Waals surface area contributed by atoms with Crippen LogP contribution >= 0.6 is 0 Å². The summed E-state index contributed by atoms with van der Waals surface area (Å²) in [5.74, 6) is 0.953. The lowest BCUT2D eigenvalue weighted by molar-refractivity contribution is -0.577. The molecule has 8 atom stereocenters. The Labute approximate surface area is 126 Å². The van der Waals surface area contributed by atoms with Crippen molar-refractivity contribution in [2.24, 2.45) is 23.7 Å². The molecule has 1 aliphatic carbocycles. The first-order valence-electron chi connectivity index (χ1n) is 8.23. The highest BCUT2D eigenvalue weighted by Crippen LogP contribution is 2.60. The van der Waals surface area contributed by atoms with Crippen molar-refractivity contribution in [2.75, 3.05) is 7.11 Å². The van der Waals surface area contributed by atoms with Crippen LogP contribution in [0.2, 0.25) is 0 Å². The Morgan fingerprint density at radius 1 is 1.05 bits per heavy atom. The van der Waals surface area contributed by atoms with Crippen molar-refractivity contribution in [3.8, 4) is 0 Å². The largest absolute Gasteiger partial charge is 0.355 e. The van der Waals surface area contributed by atoms with Crippen LogP contribution in [0, 0.1) is 23.7 Å². The second kappa shape index (κ2) is 4.65. The van der Waals surface area contributed by atoms with E-state index in [-0.39, 0.29) is 12.2 Å². The third-order valence-corrected chi connectivity index (χ3v) is 6.33. The van der Waals surface area contributed by atoms with Crippen LogP contribution < -0.4 is 0 Å². The molecule has 5 heteroatoms. The Balaban J connectivity index is 1.79. The predicted octanol–water partition coefficient (Wildman–Crippen LogP) is 2.84. The maximum Gasteiger partial charge on any atom is 0.201 e. The molecule has 5 rings (SSSR count). The van der Waals surface area contributed by atoms with Gasteiger partial charge in [0.25, 0.3) is 0 Å². The molecule has 4 aliphatic heterocycles. The maximum atomic E-state index is 6.21. The Morgan fingerprint density at radius 3 is 2.62 bits per heavy atom. The van der Waals surface area contributed by atoms with E-state index in [2.05, 4.69) is 13.8 Å². The van der Waals surface area contributed by atoms with Gasteiger partial charge in [-0.25, -0.2) is 9.78 Å². The van der Waals surface area contributed by atoms with Gasteiger partial charge >= 0.3 is 0 Å². The predicted molar refractivity (Wildman–Crippen MR) is 73.8 cm³/mol. The van der Waals surface area contributed by atoms with E-state index in [0.717, 1.165) is 19.3 Å². The summed E-state index contributed by atoms with van der Waals surface area (Å²) >= 11 is 0. The topological polar surface area (TPSA) is 46.2 Å². The molecule has 1 saturated carbocycles. The van der Waals surface area contributed by atoms with E-state index in [1.807, 2.05) is 6.92 Å². The van der Waals surface area contributed by atoms with E-state index < -0.39 is 17.7 Å². The van der Waals surface area contributed by atoms with Crippen LogP contribution in [0.4, 0.5) is 0 Å². The van der Waals surface area contributed by atoms with Gasteiger partial charge in [0.15, 0.2) is 18.2 Å². The number of hydrogen-bond donors (Lipinski definition) is 0. The summed E-state index contributed by atoms with van der Waals surface area (Å²) < 4.78 is 17.9. The van der Waals surface area contributed by atoms with Crippen molar-refractivity contribution in [3.63, 3.8) is 0 Å². The summed E-state index contributed by atoms with van der Waals surface area (Å²) in [6.45, 7) is 6.46. The molecule has 0 unspecified atom stereocenters. The Hall–Kier alpha value is -0.200. The molecule has 0 aromatic carbocycles. The SMILES string of the molecule is CO[C@@H]1O[C@H]2O[C@@]3(C)CC[C@H]4[C@H](C)CC[C@@H]([C@H]1C)[C@@]24OO3. The smallest absolute Gasteiger partial charge is 0.201 e. The van der Waals surface area contributed by atoms with E-state index >= 15 is 0 Å². The molecule has 0 N–H and O–H groups in total. The zero-order chi connectivity index (χ0) is 14.8. The van der Waals surface area contributed by atoms with E-state index in [0.29, 0.717) is 17.8 Å². The molecule has 120 valence electrons. The van der Waals surface area contributed by atoms with Gasteiger partial charge in [-0.2, -0.15) is 0 Å². The lowest BCUT2D eigenvalue weighted by Gasteiger charge is -2.60. The van der Waals surface area contributed by atoms with Crippen LogP contribution in [0.1, 0.15) is 46.5 Å². The van der Waals surface area contributed by atoms with E-state index in [1.165, 1.54) is 6.42 Å². The van der Waals surface area contributed by atoms with Gasteiger partial charge in [-0.05, 0) is 38.0 Å². The summed E-state index contributed by atoms with van der Waals surface area (Å²) in [5, 5.41) is 0. The molecule has 5 fully saturated rings. The number of fused-ring (bicyclic) bond motifs is 2. The molecule has 4 saturated heterocycles. The minimum Gasteiger partial charge on any atom is -0.355 e. The van der Waals surface area contributed by atoms with Crippen LogP contribution in [-0.4, -0.2) is 31.1 Å². The van der Waals surface area contributed by atoms with Gasteiger partial charge in [0, 0.05) is 25.4 Å². The van der Waals surface area contributed by atoms with Crippen LogP contribution in [0.25, 0.3) is 0 Å². The van der Waals surface area contributed by atoms with Crippen LogP contribution in [0.15, 0.2) is 0 Å². The highest BCUT2D eigenvalue weighted by atomic mass is 17.3. The minimum absolute atomic E-state index is 0.230. The molecule has 1 spiro atoms. The molecule has 0 amide bonds. The number of hydrogen-bond acceptors (Lipinski definition) is 5. The Bertz CT molecular complexity index is 429. The van der Waals surface area contributed by atoms with E-state index in [4.69, 9.17) is 24.0 Å². The lowest BCUT2D eigenvalue weighted by atomic mass is 9.58. The summed E-state index contributed by atoms with van der Waals surface area (Å²) in [6, 6.07) is 0. The molecule has 2 bridgehead atoms. The highest BCUT2D eigenvalue weighted by molar-refractivity contribution is 5.08. The minimum atomic E-state index is -0.698. The second-order valence-electron chi connectivity index (χ2n) is 7.51. The van der Waals surface area contributed by atoms with Crippen LogP contribution in [0.5, 0.6) is 0 Å².